The molecule has 8 nitrogen and oxygen atoms in total. The van der Waals surface area contributed by atoms with Crippen molar-refractivity contribution in [1.29, 1.82) is 0 Å². The minimum atomic E-state index is -0.626. The number of methoxy groups -OCH3 is 1. The van der Waals surface area contributed by atoms with Gasteiger partial charge in [-0.2, -0.15) is 0 Å². The van der Waals surface area contributed by atoms with Crippen LogP contribution in [0.3, 0.4) is 0 Å². The van der Waals surface area contributed by atoms with Crippen LogP contribution in [0.4, 0.5) is 17.3 Å². The summed E-state index contributed by atoms with van der Waals surface area (Å²) >= 11 is 0. The van der Waals surface area contributed by atoms with E-state index in [2.05, 4.69) is 15.6 Å². The first-order chi connectivity index (χ1) is 9.88. The van der Waals surface area contributed by atoms with Gasteiger partial charge in [0.25, 0.3) is 5.69 Å². The molecule has 1 rings (SSSR count). The van der Waals surface area contributed by atoms with Crippen LogP contribution in [0.1, 0.15) is 20.8 Å². The zero-order valence-corrected chi connectivity index (χ0v) is 12.5. The number of nitro groups is 1. The quantitative estimate of drug-likeness (QED) is 0.450. The van der Waals surface area contributed by atoms with Gasteiger partial charge in [-0.05, 0) is 12.8 Å². The molecule has 8 heteroatoms. The number of esters is 1. The molecule has 116 valence electrons. The van der Waals surface area contributed by atoms with E-state index in [0.29, 0.717) is 12.4 Å². The van der Waals surface area contributed by atoms with Crippen molar-refractivity contribution in [2.75, 3.05) is 24.3 Å². The van der Waals surface area contributed by atoms with Crippen LogP contribution < -0.4 is 10.6 Å². The molecule has 0 radical (unpaired) electrons. The number of carbonyl (C=O) groups excluding carboxylic acids is 1. The summed E-state index contributed by atoms with van der Waals surface area (Å²) < 4.78 is 4.72. The Kier molecular flexibility index (Phi) is 5.89. The van der Waals surface area contributed by atoms with Crippen LogP contribution in [0.15, 0.2) is 12.1 Å². The van der Waals surface area contributed by atoms with E-state index in [0.717, 1.165) is 0 Å². The molecule has 1 aromatic heterocycles. The second-order valence-corrected chi connectivity index (χ2v) is 4.77. The summed E-state index contributed by atoms with van der Waals surface area (Å²) in [5.41, 5.74) is -0.101. The first-order valence-electron chi connectivity index (χ1n) is 6.63. The summed E-state index contributed by atoms with van der Waals surface area (Å²) in [4.78, 5) is 26.4. The number of anilines is 2. The zero-order valence-electron chi connectivity index (χ0n) is 12.5. The molecule has 0 aliphatic carbocycles. The lowest BCUT2D eigenvalue weighted by molar-refractivity contribution is -0.384. The van der Waals surface area contributed by atoms with Gasteiger partial charge in [0.05, 0.1) is 24.2 Å². The van der Waals surface area contributed by atoms with Gasteiger partial charge in [-0.1, -0.05) is 13.8 Å². The first-order valence-corrected chi connectivity index (χ1v) is 6.63. The minimum absolute atomic E-state index is 0.0545. The Morgan fingerprint density at radius 2 is 2.05 bits per heavy atom. The Labute approximate surface area is 123 Å². The molecular formula is C13H20N4O4. The maximum Gasteiger partial charge on any atom is 0.328 e. The number of nitrogens with zero attached hydrogens (tertiary/aromatic N) is 2. The molecule has 1 unspecified atom stereocenters. The van der Waals surface area contributed by atoms with Crippen molar-refractivity contribution in [2.45, 2.75) is 26.8 Å². The zero-order chi connectivity index (χ0) is 16.0. The predicted octanol–water partition coefficient (Wildman–Crippen LogP) is 2.03. The van der Waals surface area contributed by atoms with Crippen LogP contribution in [0, 0.1) is 16.0 Å². The monoisotopic (exact) mass is 296 g/mol. The molecule has 21 heavy (non-hydrogen) atoms. The number of nitrogens with one attached hydrogen (secondary N) is 2. The van der Waals surface area contributed by atoms with E-state index in [1.165, 1.54) is 19.2 Å². The van der Waals surface area contributed by atoms with Gasteiger partial charge in [0.2, 0.25) is 0 Å². The third kappa shape index (κ3) is 4.59. The van der Waals surface area contributed by atoms with Crippen molar-refractivity contribution >= 4 is 23.3 Å². The third-order valence-electron chi connectivity index (χ3n) is 2.80. The Morgan fingerprint density at radius 1 is 1.43 bits per heavy atom. The number of hydrogen-bond donors (Lipinski definition) is 2. The molecule has 0 bridgehead atoms. The summed E-state index contributed by atoms with van der Waals surface area (Å²) in [5.74, 6) is 0.134. The summed E-state index contributed by atoms with van der Waals surface area (Å²) in [6.45, 7) is 6.13. The van der Waals surface area contributed by atoms with Gasteiger partial charge in [0.1, 0.15) is 17.7 Å². The molecule has 0 aliphatic rings. The normalized spacial score (nSPS) is 11.9. The maximum atomic E-state index is 11.7. The molecule has 1 atom stereocenters. The Bertz CT molecular complexity index is 519. The van der Waals surface area contributed by atoms with Gasteiger partial charge in [0.15, 0.2) is 0 Å². The van der Waals surface area contributed by atoms with Crippen molar-refractivity contribution in [2.24, 2.45) is 5.92 Å². The number of carbonyl (C=O) groups is 1. The second-order valence-electron chi connectivity index (χ2n) is 4.77. The molecule has 0 saturated heterocycles. The van der Waals surface area contributed by atoms with Gasteiger partial charge in [-0.25, -0.2) is 9.78 Å². The molecule has 0 aliphatic heterocycles. The van der Waals surface area contributed by atoms with E-state index in [-0.39, 0.29) is 17.4 Å². The highest BCUT2D eigenvalue weighted by Crippen LogP contribution is 2.22. The number of ether oxygens (including phenoxy) is 1. The van der Waals surface area contributed by atoms with Gasteiger partial charge >= 0.3 is 5.97 Å². The van der Waals surface area contributed by atoms with Gasteiger partial charge in [-0.15, -0.1) is 0 Å². The summed E-state index contributed by atoms with van der Waals surface area (Å²) in [7, 11) is 1.30. The Hall–Kier alpha value is -2.38. The molecule has 2 N–H and O–H groups in total. The molecule has 1 heterocycles. The van der Waals surface area contributed by atoms with Crippen molar-refractivity contribution in [1.82, 2.24) is 4.98 Å². The molecule has 0 amide bonds. The van der Waals surface area contributed by atoms with Crippen molar-refractivity contribution in [3.63, 3.8) is 0 Å². The standard InChI is InChI=1S/C13H20N4O4/c1-5-14-10-6-9(17(19)20)7-11(15-10)16-12(8(2)3)13(18)21-4/h6-8,12H,5H2,1-4H3,(H2,14,15,16). The molecule has 1 aromatic rings. The van der Waals surface area contributed by atoms with Crippen LogP contribution in [-0.2, 0) is 9.53 Å². The molecule has 0 saturated carbocycles. The lowest BCUT2D eigenvalue weighted by Crippen LogP contribution is -2.35. The Morgan fingerprint density at radius 3 is 2.52 bits per heavy atom. The highest BCUT2D eigenvalue weighted by atomic mass is 16.6. The highest BCUT2D eigenvalue weighted by molar-refractivity contribution is 5.79. The molecule has 0 aromatic carbocycles. The lowest BCUT2D eigenvalue weighted by atomic mass is 10.0. The van der Waals surface area contributed by atoms with E-state index in [4.69, 9.17) is 4.74 Å². The fourth-order valence-electron chi connectivity index (χ4n) is 1.75. The van der Waals surface area contributed by atoms with E-state index in [1.54, 1.807) is 0 Å². The SMILES string of the molecule is CCNc1cc([N+](=O)[O-])cc(NC(C(=O)OC)C(C)C)n1. The Balaban J connectivity index is 3.09. The van der Waals surface area contributed by atoms with Crippen LogP contribution in [0.5, 0.6) is 0 Å². The van der Waals surface area contributed by atoms with Crippen molar-refractivity contribution in [3.8, 4) is 0 Å². The largest absolute Gasteiger partial charge is 0.467 e. The molecular weight excluding hydrogens is 276 g/mol. The average Bonchev–Trinajstić information content (AvgIpc) is 2.43. The van der Waals surface area contributed by atoms with Crippen LogP contribution in [0.2, 0.25) is 0 Å². The number of hydrogen-bond acceptors (Lipinski definition) is 7. The fraction of sp³-hybridized carbons (Fsp3) is 0.538. The third-order valence-corrected chi connectivity index (χ3v) is 2.80. The topological polar surface area (TPSA) is 106 Å². The van der Waals surface area contributed by atoms with E-state index in [1.807, 2.05) is 20.8 Å². The predicted molar refractivity (Wildman–Crippen MR) is 79.3 cm³/mol. The van der Waals surface area contributed by atoms with E-state index >= 15 is 0 Å². The number of rotatable bonds is 7. The minimum Gasteiger partial charge on any atom is -0.467 e. The fourth-order valence-corrected chi connectivity index (χ4v) is 1.75. The highest BCUT2D eigenvalue weighted by Gasteiger charge is 2.24. The van der Waals surface area contributed by atoms with E-state index in [9.17, 15) is 14.9 Å². The van der Waals surface area contributed by atoms with Crippen molar-refractivity contribution in [3.05, 3.63) is 22.2 Å². The second kappa shape index (κ2) is 7.41. The molecule has 0 spiro atoms. The van der Waals surface area contributed by atoms with Gasteiger partial charge in [-0.3, -0.25) is 10.1 Å². The molecule has 0 fully saturated rings. The summed E-state index contributed by atoms with van der Waals surface area (Å²) in [5, 5.41) is 16.8. The first kappa shape index (κ1) is 16.7. The van der Waals surface area contributed by atoms with Crippen LogP contribution in [-0.4, -0.2) is 35.6 Å². The van der Waals surface area contributed by atoms with Crippen LogP contribution in [0.25, 0.3) is 0 Å². The summed E-state index contributed by atoms with van der Waals surface area (Å²) in [6.07, 6.45) is 0. The summed E-state index contributed by atoms with van der Waals surface area (Å²) in [6, 6.07) is 2.01. The van der Waals surface area contributed by atoms with E-state index < -0.39 is 16.9 Å². The maximum absolute atomic E-state index is 11.7. The number of aromatic nitrogens is 1. The smallest absolute Gasteiger partial charge is 0.328 e. The van der Waals surface area contributed by atoms with Gasteiger partial charge < -0.3 is 15.4 Å². The van der Waals surface area contributed by atoms with Crippen molar-refractivity contribution < 1.29 is 14.5 Å². The van der Waals surface area contributed by atoms with Gasteiger partial charge in [0, 0.05) is 6.54 Å². The lowest BCUT2D eigenvalue weighted by Gasteiger charge is -2.20. The van der Waals surface area contributed by atoms with Crippen LogP contribution >= 0.6 is 0 Å². The average molecular weight is 296 g/mol. The number of pyridine rings is 1.